The van der Waals surface area contributed by atoms with E-state index in [1.807, 2.05) is 20.8 Å². The molecule has 0 bridgehead atoms. The summed E-state index contributed by atoms with van der Waals surface area (Å²) in [6.45, 7) is 6.26. The van der Waals surface area contributed by atoms with Gasteiger partial charge in [0.25, 0.3) is 0 Å². The van der Waals surface area contributed by atoms with Crippen molar-refractivity contribution in [3.63, 3.8) is 0 Å². The Labute approximate surface area is 104 Å². The zero-order valence-corrected chi connectivity index (χ0v) is 11.4. The predicted molar refractivity (Wildman–Crippen MR) is 61.7 cm³/mol. The normalized spacial score (nSPS) is 42.6. The Hall–Kier alpha value is -0.290. The van der Waals surface area contributed by atoms with Gasteiger partial charge in [-0.3, -0.25) is 0 Å². The maximum Gasteiger partial charge on any atom is 0.509 e. The lowest BCUT2D eigenvalue weighted by Gasteiger charge is -2.40. The summed E-state index contributed by atoms with van der Waals surface area (Å²) in [7, 11) is 0. The van der Waals surface area contributed by atoms with Crippen LogP contribution in [0.2, 0.25) is 0 Å². The fourth-order valence-electron chi connectivity index (χ4n) is 2.18. The number of rotatable bonds is 0. The number of alkyl halides is 1. The Balaban J connectivity index is 2.22. The number of carbonyl (C=O) groups is 1. The molecule has 0 aromatic carbocycles. The van der Waals surface area contributed by atoms with Crippen molar-refractivity contribution in [3.05, 3.63) is 0 Å². The predicted octanol–water partition coefficient (Wildman–Crippen LogP) is 2.63. The van der Waals surface area contributed by atoms with Gasteiger partial charge in [0, 0.05) is 4.83 Å². The van der Waals surface area contributed by atoms with Gasteiger partial charge in [-0.05, 0) is 33.6 Å². The molecule has 2 rings (SSSR count). The van der Waals surface area contributed by atoms with E-state index in [0.29, 0.717) is 0 Å². The molecule has 16 heavy (non-hydrogen) atoms. The summed E-state index contributed by atoms with van der Waals surface area (Å²) >= 11 is 3.63. The second kappa shape index (κ2) is 3.88. The monoisotopic (exact) mass is 292 g/mol. The van der Waals surface area contributed by atoms with Crippen molar-refractivity contribution < 1.29 is 19.0 Å². The Bertz CT molecular complexity index is 304. The number of ether oxygens (including phenoxy) is 3. The third-order valence-corrected chi connectivity index (χ3v) is 5.01. The molecule has 5 heteroatoms. The van der Waals surface area contributed by atoms with Crippen LogP contribution < -0.4 is 0 Å². The third kappa shape index (κ3) is 2.07. The van der Waals surface area contributed by atoms with E-state index in [0.717, 1.165) is 12.8 Å². The zero-order chi connectivity index (χ0) is 12.0. The van der Waals surface area contributed by atoms with Gasteiger partial charge in [0.05, 0.1) is 5.60 Å². The van der Waals surface area contributed by atoms with Crippen LogP contribution in [0.4, 0.5) is 4.79 Å². The molecule has 4 nitrogen and oxygen atoms in total. The molecular weight excluding hydrogens is 276 g/mol. The molecule has 3 atom stereocenters. The number of cyclic esters (lactones) is 1. The summed E-state index contributed by atoms with van der Waals surface area (Å²) in [6.07, 6.45) is 0.912. The van der Waals surface area contributed by atoms with E-state index >= 15 is 0 Å². The second-order valence-electron chi connectivity index (χ2n) is 5.19. The van der Waals surface area contributed by atoms with Gasteiger partial charge in [-0.25, -0.2) is 4.79 Å². The maximum absolute atomic E-state index is 11.2. The first-order valence-electron chi connectivity index (χ1n) is 5.51. The summed E-state index contributed by atoms with van der Waals surface area (Å²) < 4.78 is 16.2. The molecule has 2 heterocycles. The lowest BCUT2D eigenvalue weighted by molar-refractivity contribution is -0.197. The van der Waals surface area contributed by atoms with Gasteiger partial charge in [0.2, 0.25) is 0 Å². The highest BCUT2D eigenvalue weighted by atomic mass is 79.9. The second-order valence-corrected chi connectivity index (χ2v) is 6.30. The highest BCUT2D eigenvalue weighted by Crippen LogP contribution is 2.40. The van der Waals surface area contributed by atoms with E-state index in [2.05, 4.69) is 15.9 Å². The fourth-order valence-corrected chi connectivity index (χ4v) is 2.51. The van der Waals surface area contributed by atoms with Crippen LogP contribution in [0.1, 0.15) is 33.6 Å². The lowest BCUT2D eigenvalue weighted by Crippen LogP contribution is -2.53. The average Bonchev–Trinajstić information content (AvgIpc) is 2.26. The quantitative estimate of drug-likeness (QED) is 0.509. The molecule has 0 N–H and O–H groups in total. The lowest BCUT2D eigenvalue weighted by atomic mass is 9.92. The summed E-state index contributed by atoms with van der Waals surface area (Å²) in [4.78, 5) is 11.4. The van der Waals surface area contributed by atoms with Gasteiger partial charge >= 0.3 is 6.16 Å². The van der Waals surface area contributed by atoms with Crippen molar-refractivity contribution in [2.75, 3.05) is 6.61 Å². The smallest absolute Gasteiger partial charge is 0.431 e. The van der Waals surface area contributed by atoms with Gasteiger partial charge in [0.15, 0.2) is 0 Å². The van der Waals surface area contributed by atoms with E-state index in [1.54, 1.807) is 0 Å². The number of halogens is 1. The molecular formula is C11H17BrO4. The van der Waals surface area contributed by atoms with Crippen LogP contribution in [-0.4, -0.2) is 34.9 Å². The van der Waals surface area contributed by atoms with Crippen molar-refractivity contribution >= 4 is 22.1 Å². The maximum atomic E-state index is 11.2. The highest BCUT2D eigenvalue weighted by Gasteiger charge is 2.50. The molecule has 0 aromatic rings. The number of carbonyl (C=O) groups excluding carboxylic acids is 1. The van der Waals surface area contributed by atoms with Crippen LogP contribution in [0.15, 0.2) is 0 Å². The fraction of sp³-hybridized carbons (Fsp3) is 0.909. The van der Waals surface area contributed by atoms with Crippen LogP contribution in [-0.2, 0) is 14.2 Å². The van der Waals surface area contributed by atoms with Crippen molar-refractivity contribution in [2.45, 2.75) is 55.7 Å². The van der Waals surface area contributed by atoms with Gasteiger partial charge in [-0.2, -0.15) is 0 Å². The summed E-state index contributed by atoms with van der Waals surface area (Å²) in [5, 5.41) is 0. The molecule has 2 aliphatic rings. The van der Waals surface area contributed by atoms with E-state index < -0.39 is 11.8 Å². The van der Waals surface area contributed by atoms with E-state index in [9.17, 15) is 4.79 Å². The first-order valence-corrected chi connectivity index (χ1v) is 6.43. The van der Waals surface area contributed by atoms with Gasteiger partial charge in [-0.15, -0.1) is 0 Å². The van der Waals surface area contributed by atoms with Crippen LogP contribution in [0.5, 0.6) is 0 Å². The standard InChI is InChI=1S/C11H17BrO4/c1-10(2)7(12)4-5-11(3)8(15-10)6-14-9(13)16-11/h7-8H,4-6H2,1-3H3/t7-,8-,11+/m1/s1. The highest BCUT2D eigenvalue weighted by molar-refractivity contribution is 9.09. The Morgan fingerprint density at radius 1 is 1.38 bits per heavy atom. The molecule has 92 valence electrons. The molecule has 0 aliphatic carbocycles. The van der Waals surface area contributed by atoms with Crippen molar-refractivity contribution in [1.29, 1.82) is 0 Å². The molecule has 0 aromatic heterocycles. The van der Waals surface area contributed by atoms with E-state index in [4.69, 9.17) is 14.2 Å². The SMILES string of the molecule is CC1(C)O[C@@H]2COC(=O)O[C@@]2(C)CC[C@H]1Br. The van der Waals surface area contributed by atoms with Crippen molar-refractivity contribution in [2.24, 2.45) is 0 Å². The molecule has 2 aliphatic heterocycles. The minimum absolute atomic E-state index is 0.192. The molecule has 0 unspecified atom stereocenters. The van der Waals surface area contributed by atoms with Crippen LogP contribution in [0, 0.1) is 0 Å². The van der Waals surface area contributed by atoms with E-state index in [1.165, 1.54) is 0 Å². The molecule has 2 fully saturated rings. The molecule has 0 saturated carbocycles. The summed E-state index contributed by atoms with van der Waals surface area (Å²) in [5.74, 6) is 0. The van der Waals surface area contributed by atoms with Crippen LogP contribution in [0.25, 0.3) is 0 Å². The zero-order valence-electron chi connectivity index (χ0n) is 9.79. The first kappa shape index (κ1) is 12.2. The van der Waals surface area contributed by atoms with Crippen molar-refractivity contribution in [3.8, 4) is 0 Å². The number of hydrogen-bond donors (Lipinski definition) is 0. The van der Waals surface area contributed by atoms with E-state index in [-0.39, 0.29) is 23.1 Å². The van der Waals surface area contributed by atoms with Gasteiger partial charge < -0.3 is 14.2 Å². The van der Waals surface area contributed by atoms with Gasteiger partial charge in [0.1, 0.15) is 18.3 Å². The summed E-state index contributed by atoms with van der Waals surface area (Å²) in [5.41, 5.74) is -0.843. The number of hydrogen-bond acceptors (Lipinski definition) is 4. The van der Waals surface area contributed by atoms with Crippen LogP contribution >= 0.6 is 15.9 Å². The Morgan fingerprint density at radius 3 is 2.75 bits per heavy atom. The van der Waals surface area contributed by atoms with Crippen LogP contribution in [0.3, 0.4) is 0 Å². The number of fused-ring (bicyclic) bond motifs is 1. The minimum atomic E-state index is -0.590. The molecule has 0 radical (unpaired) electrons. The molecule has 0 spiro atoms. The topological polar surface area (TPSA) is 44.8 Å². The Morgan fingerprint density at radius 2 is 2.06 bits per heavy atom. The minimum Gasteiger partial charge on any atom is -0.431 e. The largest absolute Gasteiger partial charge is 0.509 e. The first-order chi connectivity index (χ1) is 7.33. The molecule has 2 saturated heterocycles. The molecule has 0 amide bonds. The van der Waals surface area contributed by atoms with Crippen molar-refractivity contribution in [1.82, 2.24) is 0 Å². The Kier molecular flexibility index (Phi) is 2.95. The average molecular weight is 293 g/mol. The third-order valence-electron chi connectivity index (χ3n) is 3.44. The van der Waals surface area contributed by atoms with Gasteiger partial charge in [-0.1, -0.05) is 15.9 Å². The summed E-state index contributed by atoms with van der Waals surface area (Å²) in [6, 6.07) is 0.